The Bertz CT molecular complexity index is 269. The van der Waals surface area contributed by atoms with Gasteiger partial charge in [-0.1, -0.05) is 0 Å². The molecule has 0 aromatic rings. The molecule has 6 heteroatoms. The molecule has 0 aliphatic carbocycles. The Labute approximate surface area is 107 Å². The normalized spacial score (nSPS) is 29.6. The third-order valence-corrected chi connectivity index (χ3v) is 3.46. The first-order valence-corrected chi connectivity index (χ1v) is 6.65. The van der Waals surface area contributed by atoms with Crippen molar-refractivity contribution in [2.75, 3.05) is 45.9 Å². The Morgan fingerprint density at radius 3 is 2.78 bits per heavy atom. The first-order valence-electron chi connectivity index (χ1n) is 6.65. The molecule has 0 saturated carbocycles. The molecule has 0 aromatic carbocycles. The van der Waals surface area contributed by atoms with Crippen LogP contribution >= 0.6 is 0 Å². The van der Waals surface area contributed by atoms with Gasteiger partial charge in [0.25, 0.3) is 0 Å². The number of morpholine rings is 1. The summed E-state index contributed by atoms with van der Waals surface area (Å²) in [4.78, 5) is 13.1. The zero-order valence-electron chi connectivity index (χ0n) is 10.6. The molecule has 2 atom stereocenters. The molecule has 2 N–H and O–H groups in total. The lowest BCUT2D eigenvalue weighted by Gasteiger charge is -2.26. The Morgan fingerprint density at radius 1 is 1.33 bits per heavy atom. The Morgan fingerprint density at radius 2 is 2.11 bits per heavy atom. The van der Waals surface area contributed by atoms with Crippen LogP contribution in [0.25, 0.3) is 0 Å². The quantitative estimate of drug-likeness (QED) is 0.628. The Hall–Kier alpha value is -0.690. The lowest BCUT2D eigenvalue weighted by molar-refractivity contribution is -0.149. The monoisotopic (exact) mass is 258 g/mol. The first kappa shape index (κ1) is 13.7. The second kappa shape index (κ2) is 7.04. The molecule has 0 aromatic heterocycles. The maximum Gasteiger partial charge on any atom is 0.332 e. The standard InChI is InChI=1S/C12H22N2O4/c15-12(16)11-2-1-10(18-11)9-13-3-4-14-5-7-17-8-6-14/h10-11,13H,1-9H2,(H,15,16). The molecular weight excluding hydrogens is 236 g/mol. The molecule has 2 heterocycles. The minimum atomic E-state index is -0.842. The van der Waals surface area contributed by atoms with E-state index in [9.17, 15) is 4.79 Å². The molecule has 6 nitrogen and oxygen atoms in total. The minimum absolute atomic E-state index is 0.0517. The van der Waals surface area contributed by atoms with E-state index in [1.54, 1.807) is 0 Å². The smallest absolute Gasteiger partial charge is 0.332 e. The van der Waals surface area contributed by atoms with Crippen LogP contribution in [0.5, 0.6) is 0 Å². The van der Waals surface area contributed by atoms with Crippen LogP contribution in [0, 0.1) is 0 Å². The summed E-state index contributed by atoms with van der Waals surface area (Å²) < 4.78 is 10.7. The van der Waals surface area contributed by atoms with E-state index in [0.717, 1.165) is 52.4 Å². The second-order valence-corrected chi connectivity index (χ2v) is 4.82. The Kier molecular flexibility index (Phi) is 5.37. The fraction of sp³-hybridized carbons (Fsp3) is 0.917. The van der Waals surface area contributed by atoms with Gasteiger partial charge >= 0.3 is 5.97 Å². The summed E-state index contributed by atoms with van der Waals surface area (Å²) in [5, 5.41) is 12.1. The van der Waals surface area contributed by atoms with E-state index >= 15 is 0 Å². The fourth-order valence-corrected chi connectivity index (χ4v) is 2.36. The highest BCUT2D eigenvalue weighted by molar-refractivity contribution is 5.72. The van der Waals surface area contributed by atoms with Crippen molar-refractivity contribution in [2.24, 2.45) is 0 Å². The predicted molar refractivity (Wildman–Crippen MR) is 65.7 cm³/mol. The Balaban J connectivity index is 1.52. The number of hydrogen-bond donors (Lipinski definition) is 2. The molecule has 18 heavy (non-hydrogen) atoms. The van der Waals surface area contributed by atoms with Crippen molar-refractivity contribution in [2.45, 2.75) is 25.0 Å². The maximum atomic E-state index is 10.7. The van der Waals surface area contributed by atoms with Gasteiger partial charge in [-0.25, -0.2) is 4.79 Å². The SMILES string of the molecule is O=C(O)C1CCC(CNCCN2CCOCC2)O1. The van der Waals surface area contributed by atoms with Gasteiger partial charge in [-0.05, 0) is 12.8 Å². The molecule has 2 unspecified atom stereocenters. The summed E-state index contributed by atoms with van der Waals surface area (Å²) in [5.41, 5.74) is 0. The first-order chi connectivity index (χ1) is 8.75. The van der Waals surface area contributed by atoms with Crippen LogP contribution in [0.2, 0.25) is 0 Å². The molecule has 2 aliphatic heterocycles. The van der Waals surface area contributed by atoms with Crippen molar-refractivity contribution in [3.8, 4) is 0 Å². The number of rotatable bonds is 6. The summed E-state index contributed by atoms with van der Waals surface area (Å²) in [5.74, 6) is -0.842. The molecule has 2 fully saturated rings. The van der Waals surface area contributed by atoms with Crippen LogP contribution in [0.3, 0.4) is 0 Å². The number of carbonyl (C=O) groups is 1. The lowest BCUT2D eigenvalue weighted by Crippen LogP contribution is -2.41. The second-order valence-electron chi connectivity index (χ2n) is 4.82. The van der Waals surface area contributed by atoms with Gasteiger partial charge < -0.3 is 19.9 Å². The minimum Gasteiger partial charge on any atom is -0.479 e. The van der Waals surface area contributed by atoms with Crippen molar-refractivity contribution in [3.63, 3.8) is 0 Å². The van der Waals surface area contributed by atoms with Crippen LogP contribution in [0.15, 0.2) is 0 Å². The number of aliphatic carboxylic acids is 1. The van der Waals surface area contributed by atoms with Gasteiger partial charge in [0.15, 0.2) is 6.10 Å². The van der Waals surface area contributed by atoms with Gasteiger partial charge in [0.05, 0.1) is 19.3 Å². The molecule has 2 rings (SSSR count). The largest absolute Gasteiger partial charge is 0.479 e. The van der Waals surface area contributed by atoms with Crippen LogP contribution in [0.4, 0.5) is 0 Å². The van der Waals surface area contributed by atoms with Crippen LogP contribution in [0.1, 0.15) is 12.8 Å². The summed E-state index contributed by atoms with van der Waals surface area (Å²) >= 11 is 0. The summed E-state index contributed by atoms with van der Waals surface area (Å²) in [6.45, 7) is 6.33. The highest BCUT2D eigenvalue weighted by Crippen LogP contribution is 2.18. The zero-order valence-corrected chi connectivity index (χ0v) is 10.6. The van der Waals surface area contributed by atoms with E-state index < -0.39 is 12.1 Å². The van der Waals surface area contributed by atoms with Gasteiger partial charge in [0, 0.05) is 32.7 Å². The average Bonchev–Trinajstić information content (AvgIpc) is 2.85. The van der Waals surface area contributed by atoms with Crippen molar-refractivity contribution in [1.29, 1.82) is 0 Å². The van der Waals surface area contributed by atoms with Gasteiger partial charge in [-0.2, -0.15) is 0 Å². The molecule has 0 radical (unpaired) electrons. The summed E-state index contributed by atoms with van der Waals surface area (Å²) in [6, 6.07) is 0. The fourth-order valence-electron chi connectivity index (χ4n) is 2.36. The van der Waals surface area contributed by atoms with Crippen molar-refractivity contribution < 1.29 is 19.4 Å². The van der Waals surface area contributed by atoms with Crippen molar-refractivity contribution in [1.82, 2.24) is 10.2 Å². The molecule has 0 bridgehead atoms. The molecular formula is C12H22N2O4. The zero-order chi connectivity index (χ0) is 12.8. The van der Waals surface area contributed by atoms with E-state index in [0.29, 0.717) is 6.42 Å². The van der Waals surface area contributed by atoms with Gasteiger partial charge in [0.2, 0.25) is 0 Å². The van der Waals surface area contributed by atoms with Gasteiger partial charge in [-0.3, -0.25) is 4.90 Å². The van der Waals surface area contributed by atoms with Crippen molar-refractivity contribution >= 4 is 5.97 Å². The number of carboxylic acid groups (broad SMARTS) is 1. The topological polar surface area (TPSA) is 71.0 Å². The van der Waals surface area contributed by atoms with E-state index in [-0.39, 0.29) is 6.10 Å². The summed E-state index contributed by atoms with van der Waals surface area (Å²) in [6.07, 6.45) is 0.916. The van der Waals surface area contributed by atoms with Gasteiger partial charge in [-0.15, -0.1) is 0 Å². The number of ether oxygens (including phenoxy) is 2. The number of nitrogens with one attached hydrogen (secondary N) is 1. The third-order valence-electron chi connectivity index (χ3n) is 3.46. The highest BCUT2D eigenvalue weighted by atomic mass is 16.5. The van der Waals surface area contributed by atoms with E-state index in [2.05, 4.69) is 10.2 Å². The van der Waals surface area contributed by atoms with Crippen LogP contribution in [-0.4, -0.2) is 74.1 Å². The third kappa shape index (κ3) is 4.20. The maximum absolute atomic E-state index is 10.7. The average molecular weight is 258 g/mol. The van der Waals surface area contributed by atoms with E-state index in [4.69, 9.17) is 14.6 Å². The number of carboxylic acids is 1. The highest BCUT2D eigenvalue weighted by Gasteiger charge is 2.29. The summed E-state index contributed by atoms with van der Waals surface area (Å²) in [7, 11) is 0. The predicted octanol–water partition coefficient (Wildman–Crippen LogP) is -0.460. The van der Waals surface area contributed by atoms with Gasteiger partial charge in [0.1, 0.15) is 0 Å². The van der Waals surface area contributed by atoms with Crippen LogP contribution < -0.4 is 5.32 Å². The molecule has 2 aliphatic rings. The molecule has 0 amide bonds. The van der Waals surface area contributed by atoms with Crippen molar-refractivity contribution in [3.05, 3.63) is 0 Å². The van der Waals surface area contributed by atoms with E-state index in [1.807, 2.05) is 0 Å². The molecule has 0 spiro atoms. The van der Waals surface area contributed by atoms with E-state index in [1.165, 1.54) is 0 Å². The number of nitrogens with zero attached hydrogens (tertiary/aromatic N) is 1. The lowest BCUT2D eigenvalue weighted by atomic mass is 10.2. The molecule has 2 saturated heterocycles. The molecule has 104 valence electrons. The van der Waals surface area contributed by atoms with Crippen LogP contribution in [-0.2, 0) is 14.3 Å². The number of hydrogen-bond acceptors (Lipinski definition) is 5.